The minimum atomic E-state index is -0.0252. The Labute approximate surface area is 105 Å². The first-order valence-corrected chi connectivity index (χ1v) is 5.81. The van der Waals surface area contributed by atoms with E-state index in [-0.39, 0.29) is 12.0 Å². The van der Waals surface area contributed by atoms with Crippen LogP contribution in [0.25, 0.3) is 5.65 Å². The molecule has 1 N–H and O–H groups in total. The number of pyridine rings is 1. The number of hydrogen-bond donors (Lipinski definition) is 1. The number of fused-ring (bicyclic) bond motifs is 1. The van der Waals surface area contributed by atoms with Crippen LogP contribution < -0.4 is 5.32 Å². The summed E-state index contributed by atoms with van der Waals surface area (Å²) < 4.78 is 6.74. The second-order valence-electron chi connectivity index (χ2n) is 4.11. The molecule has 0 bridgehead atoms. The topological polar surface area (TPSA) is 68.5 Å². The van der Waals surface area contributed by atoms with Gasteiger partial charge in [0.25, 0.3) is 0 Å². The fraction of sp³-hybridized carbons (Fsp3) is 0.417. The number of carbonyl (C=O) groups excluding carboxylic acids is 1. The van der Waals surface area contributed by atoms with Crippen LogP contribution in [0.4, 0.5) is 5.69 Å². The maximum atomic E-state index is 11.7. The van der Waals surface area contributed by atoms with Gasteiger partial charge in [0.1, 0.15) is 6.33 Å². The zero-order valence-electron chi connectivity index (χ0n) is 10.5. The van der Waals surface area contributed by atoms with Crippen molar-refractivity contribution in [3.05, 3.63) is 24.7 Å². The lowest BCUT2D eigenvalue weighted by molar-refractivity contribution is -0.116. The van der Waals surface area contributed by atoms with E-state index in [9.17, 15) is 4.79 Å². The van der Waals surface area contributed by atoms with E-state index in [0.717, 1.165) is 5.69 Å². The number of nitrogens with one attached hydrogen (secondary N) is 1. The molecule has 2 rings (SSSR count). The third-order valence-corrected chi connectivity index (χ3v) is 2.74. The Morgan fingerprint density at radius 3 is 3.22 bits per heavy atom. The van der Waals surface area contributed by atoms with Crippen LogP contribution in [0.3, 0.4) is 0 Å². The largest absolute Gasteiger partial charge is 0.382 e. The van der Waals surface area contributed by atoms with Crippen LogP contribution in [0.5, 0.6) is 0 Å². The predicted molar refractivity (Wildman–Crippen MR) is 67.3 cm³/mol. The number of amides is 1. The van der Waals surface area contributed by atoms with Crippen molar-refractivity contribution in [1.29, 1.82) is 0 Å². The van der Waals surface area contributed by atoms with E-state index < -0.39 is 0 Å². The van der Waals surface area contributed by atoms with Gasteiger partial charge in [-0.3, -0.25) is 4.79 Å². The Morgan fingerprint density at radius 2 is 2.44 bits per heavy atom. The van der Waals surface area contributed by atoms with Crippen molar-refractivity contribution in [1.82, 2.24) is 14.6 Å². The van der Waals surface area contributed by atoms with Crippen molar-refractivity contribution >= 4 is 17.2 Å². The van der Waals surface area contributed by atoms with E-state index in [2.05, 4.69) is 15.4 Å². The highest BCUT2D eigenvalue weighted by molar-refractivity contribution is 5.91. The summed E-state index contributed by atoms with van der Waals surface area (Å²) in [4.78, 5) is 15.8. The molecule has 96 valence electrons. The predicted octanol–water partition coefficient (Wildman–Crippen LogP) is 1.48. The Balaban J connectivity index is 1.94. The van der Waals surface area contributed by atoms with Gasteiger partial charge in [-0.1, -0.05) is 0 Å². The van der Waals surface area contributed by atoms with Gasteiger partial charge in [-0.25, -0.2) is 9.50 Å². The van der Waals surface area contributed by atoms with Gasteiger partial charge in [-0.05, 0) is 19.4 Å². The highest BCUT2D eigenvalue weighted by Crippen LogP contribution is 2.10. The first kappa shape index (κ1) is 12.5. The second kappa shape index (κ2) is 5.59. The molecule has 18 heavy (non-hydrogen) atoms. The van der Waals surface area contributed by atoms with E-state index in [0.29, 0.717) is 18.5 Å². The van der Waals surface area contributed by atoms with Gasteiger partial charge in [-0.2, -0.15) is 5.10 Å². The molecule has 0 aliphatic heterocycles. The summed E-state index contributed by atoms with van der Waals surface area (Å²) in [6.07, 6.45) is 4.47. The molecule has 2 aromatic heterocycles. The number of rotatable bonds is 5. The number of anilines is 1. The number of nitrogens with zero attached hydrogens (tertiary/aromatic N) is 3. The molecule has 0 spiro atoms. The fourth-order valence-corrected chi connectivity index (χ4v) is 1.57. The van der Waals surface area contributed by atoms with Crippen molar-refractivity contribution in [2.45, 2.75) is 25.9 Å². The molecule has 0 fully saturated rings. The maximum absolute atomic E-state index is 11.7. The molecule has 1 amide bonds. The lowest BCUT2D eigenvalue weighted by Crippen LogP contribution is -2.15. The Hall–Kier alpha value is -1.95. The van der Waals surface area contributed by atoms with Gasteiger partial charge in [0, 0.05) is 31.5 Å². The highest BCUT2D eigenvalue weighted by atomic mass is 16.5. The van der Waals surface area contributed by atoms with Gasteiger partial charge in [-0.15, -0.1) is 0 Å². The molecule has 1 atom stereocenters. The number of carbonyl (C=O) groups is 1. The standard InChI is InChI=1S/C12H16N4O2/c1-9(18-2)3-4-12(17)15-10-5-6-16-11(7-10)13-8-14-16/h5-9H,3-4H2,1-2H3,(H,15,17). The quantitative estimate of drug-likeness (QED) is 0.870. The first-order valence-electron chi connectivity index (χ1n) is 5.81. The molecule has 0 saturated heterocycles. The third-order valence-electron chi connectivity index (χ3n) is 2.74. The summed E-state index contributed by atoms with van der Waals surface area (Å²) in [5, 5.41) is 6.81. The Bertz CT molecular complexity index is 538. The molecule has 0 aliphatic carbocycles. The smallest absolute Gasteiger partial charge is 0.224 e. The lowest BCUT2D eigenvalue weighted by Gasteiger charge is -2.09. The molecular formula is C12H16N4O2. The van der Waals surface area contributed by atoms with Crippen molar-refractivity contribution in [2.24, 2.45) is 0 Å². The monoisotopic (exact) mass is 248 g/mol. The maximum Gasteiger partial charge on any atom is 0.224 e. The van der Waals surface area contributed by atoms with Crippen LogP contribution in [0.15, 0.2) is 24.7 Å². The van der Waals surface area contributed by atoms with Crippen LogP contribution in [-0.4, -0.2) is 33.7 Å². The Morgan fingerprint density at radius 1 is 1.61 bits per heavy atom. The summed E-state index contributed by atoms with van der Waals surface area (Å²) in [5.74, 6) is -0.0252. The molecule has 6 nitrogen and oxygen atoms in total. The summed E-state index contributed by atoms with van der Waals surface area (Å²) >= 11 is 0. The number of hydrogen-bond acceptors (Lipinski definition) is 4. The van der Waals surface area contributed by atoms with Gasteiger partial charge in [0.15, 0.2) is 5.65 Å². The van der Waals surface area contributed by atoms with Gasteiger partial charge in [0.2, 0.25) is 5.91 Å². The molecule has 0 radical (unpaired) electrons. The van der Waals surface area contributed by atoms with Crippen molar-refractivity contribution in [3.63, 3.8) is 0 Å². The summed E-state index contributed by atoms with van der Waals surface area (Å²) in [6.45, 7) is 1.94. The molecule has 1 unspecified atom stereocenters. The zero-order chi connectivity index (χ0) is 13.0. The van der Waals surface area contributed by atoms with Crippen molar-refractivity contribution < 1.29 is 9.53 Å². The van der Waals surface area contributed by atoms with Gasteiger partial charge < -0.3 is 10.1 Å². The first-order chi connectivity index (χ1) is 8.69. The van der Waals surface area contributed by atoms with E-state index in [1.54, 1.807) is 30.0 Å². The number of aromatic nitrogens is 3. The van der Waals surface area contributed by atoms with Crippen LogP contribution in [0, 0.1) is 0 Å². The van der Waals surface area contributed by atoms with Crippen LogP contribution >= 0.6 is 0 Å². The van der Waals surface area contributed by atoms with Crippen molar-refractivity contribution in [3.8, 4) is 0 Å². The molecule has 0 aromatic carbocycles. The van der Waals surface area contributed by atoms with Gasteiger partial charge in [0.05, 0.1) is 6.10 Å². The number of methoxy groups -OCH3 is 1. The van der Waals surface area contributed by atoms with Gasteiger partial charge >= 0.3 is 0 Å². The summed E-state index contributed by atoms with van der Waals surface area (Å²) in [6, 6.07) is 3.57. The van der Waals surface area contributed by atoms with E-state index in [4.69, 9.17) is 4.74 Å². The summed E-state index contributed by atoms with van der Waals surface area (Å²) in [7, 11) is 1.64. The normalized spacial score (nSPS) is 12.6. The van der Waals surface area contributed by atoms with E-state index >= 15 is 0 Å². The minimum Gasteiger partial charge on any atom is -0.382 e. The molecule has 0 saturated carbocycles. The van der Waals surface area contributed by atoms with E-state index in [1.807, 2.05) is 6.92 Å². The second-order valence-corrected chi connectivity index (χ2v) is 4.11. The van der Waals surface area contributed by atoms with Crippen LogP contribution in [0.2, 0.25) is 0 Å². The van der Waals surface area contributed by atoms with E-state index in [1.165, 1.54) is 6.33 Å². The average molecular weight is 248 g/mol. The summed E-state index contributed by atoms with van der Waals surface area (Å²) in [5.41, 5.74) is 1.43. The molecule has 0 aliphatic rings. The third kappa shape index (κ3) is 3.04. The van der Waals surface area contributed by atoms with Crippen LogP contribution in [0.1, 0.15) is 19.8 Å². The average Bonchev–Trinajstić information content (AvgIpc) is 2.83. The Kier molecular flexibility index (Phi) is 3.88. The number of ether oxygens (including phenoxy) is 1. The molecule has 2 aromatic rings. The zero-order valence-corrected chi connectivity index (χ0v) is 10.5. The minimum absolute atomic E-state index is 0.0252. The molecule has 2 heterocycles. The fourth-order valence-electron chi connectivity index (χ4n) is 1.57. The van der Waals surface area contributed by atoms with Crippen molar-refractivity contribution in [2.75, 3.05) is 12.4 Å². The molecule has 6 heteroatoms. The highest BCUT2D eigenvalue weighted by Gasteiger charge is 2.07. The molecular weight excluding hydrogens is 232 g/mol. The van der Waals surface area contributed by atoms with Crippen LogP contribution in [-0.2, 0) is 9.53 Å². The lowest BCUT2D eigenvalue weighted by atomic mass is 10.2. The SMILES string of the molecule is COC(C)CCC(=O)Nc1ccn2ncnc2c1.